The largest absolute Gasteiger partial charge is 0.488 e. The van der Waals surface area contributed by atoms with Gasteiger partial charge in [0.05, 0.1) is 16.6 Å². The number of ether oxygens (including phenoxy) is 1. The van der Waals surface area contributed by atoms with Crippen molar-refractivity contribution in [3.8, 4) is 5.75 Å². The molecule has 1 unspecified atom stereocenters. The van der Waals surface area contributed by atoms with Gasteiger partial charge in [0.2, 0.25) is 10.1 Å². The van der Waals surface area contributed by atoms with Crippen LogP contribution < -0.4 is 15.2 Å². The number of fused-ring (bicyclic) bond motifs is 1. The van der Waals surface area contributed by atoms with Gasteiger partial charge in [0.15, 0.2) is 0 Å². The Morgan fingerprint density at radius 2 is 2.15 bits per heavy atom. The van der Waals surface area contributed by atoms with Gasteiger partial charge in [0.1, 0.15) is 11.9 Å². The molecule has 1 aliphatic heterocycles. The topological polar surface area (TPSA) is 59.7 Å². The molecule has 0 bridgehead atoms. The minimum atomic E-state index is -0.131. The van der Waals surface area contributed by atoms with Crippen LogP contribution >= 0.6 is 34.5 Å². The first-order chi connectivity index (χ1) is 13.0. The third-order valence-electron chi connectivity index (χ3n) is 4.40. The van der Waals surface area contributed by atoms with E-state index in [0.29, 0.717) is 27.3 Å². The third kappa shape index (κ3) is 3.90. The molecule has 0 radical (unpaired) electrons. The molecule has 0 saturated carbocycles. The summed E-state index contributed by atoms with van der Waals surface area (Å²) < 4.78 is 7.40. The molecule has 1 fully saturated rings. The molecule has 0 amide bonds. The highest BCUT2D eigenvalue weighted by molar-refractivity contribution is 7.20. The lowest BCUT2D eigenvalue weighted by Crippen LogP contribution is -2.25. The smallest absolute Gasteiger partial charge is 0.275 e. The predicted molar refractivity (Wildman–Crippen MR) is 109 cm³/mol. The first-order valence-electron chi connectivity index (χ1n) is 8.80. The van der Waals surface area contributed by atoms with Crippen molar-refractivity contribution < 1.29 is 4.74 Å². The highest BCUT2D eigenvalue weighted by Crippen LogP contribution is 2.30. The fraction of sp³-hybridized carbons (Fsp3) is 0.389. The van der Waals surface area contributed by atoms with Crippen LogP contribution in [0.5, 0.6) is 5.75 Å². The molecule has 0 N–H and O–H groups in total. The molecule has 142 valence electrons. The van der Waals surface area contributed by atoms with E-state index in [-0.39, 0.29) is 11.7 Å². The van der Waals surface area contributed by atoms with Gasteiger partial charge in [-0.25, -0.2) is 4.98 Å². The number of aromatic nitrogens is 3. The number of benzene rings is 1. The standard InChI is InChI=1S/C18H18Cl2N4O2S/c1-2-3-11-8-16(25)24-17(21-11)27-18(22-24)23-7-6-13(10-23)26-12-4-5-14(19)15(20)9-12/h4-5,8-9,13H,2-3,6-7,10H2,1H3. The second kappa shape index (κ2) is 7.66. The normalized spacial score (nSPS) is 17.0. The highest BCUT2D eigenvalue weighted by Gasteiger charge is 2.27. The van der Waals surface area contributed by atoms with Gasteiger partial charge in [0, 0.05) is 30.8 Å². The first kappa shape index (κ1) is 18.5. The van der Waals surface area contributed by atoms with E-state index in [1.54, 1.807) is 18.2 Å². The molecule has 27 heavy (non-hydrogen) atoms. The number of anilines is 1. The molecule has 1 saturated heterocycles. The maximum Gasteiger partial charge on any atom is 0.275 e. The number of nitrogens with zero attached hydrogens (tertiary/aromatic N) is 4. The molecule has 3 heterocycles. The molecule has 4 rings (SSSR count). The van der Waals surface area contributed by atoms with Crippen LogP contribution in [0, 0.1) is 0 Å². The third-order valence-corrected chi connectivity index (χ3v) is 6.11. The number of aryl methyl sites for hydroxylation is 1. The molecular formula is C18H18Cl2N4O2S. The van der Waals surface area contributed by atoms with E-state index in [0.717, 1.165) is 36.6 Å². The predicted octanol–water partition coefficient (Wildman–Crippen LogP) is 4.07. The first-order valence-corrected chi connectivity index (χ1v) is 10.4. The summed E-state index contributed by atoms with van der Waals surface area (Å²) in [4.78, 5) is 19.6. The Bertz CT molecular complexity index is 1040. The van der Waals surface area contributed by atoms with Crippen molar-refractivity contribution in [2.75, 3.05) is 18.0 Å². The van der Waals surface area contributed by atoms with Gasteiger partial charge in [-0.1, -0.05) is 47.9 Å². The van der Waals surface area contributed by atoms with Crippen LogP contribution in [0.1, 0.15) is 25.5 Å². The van der Waals surface area contributed by atoms with E-state index in [1.807, 2.05) is 6.07 Å². The second-order valence-electron chi connectivity index (χ2n) is 6.47. The Labute approximate surface area is 170 Å². The summed E-state index contributed by atoms with van der Waals surface area (Å²) in [6.07, 6.45) is 2.63. The lowest BCUT2D eigenvalue weighted by molar-refractivity contribution is 0.225. The van der Waals surface area contributed by atoms with Crippen molar-refractivity contribution in [3.63, 3.8) is 0 Å². The molecule has 1 atom stereocenters. The van der Waals surface area contributed by atoms with Crippen LogP contribution in [-0.4, -0.2) is 33.8 Å². The summed E-state index contributed by atoms with van der Waals surface area (Å²) in [5.41, 5.74) is 0.689. The second-order valence-corrected chi connectivity index (χ2v) is 8.21. The van der Waals surface area contributed by atoms with Crippen molar-refractivity contribution in [2.24, 2.45) is 0 Å². The number of hydrogen-bond acceptors (Lipinski definition) is 6. The zero-order chi connectivity index (χ0) is 19.0. The summed E-state index contributed by atoms with van der Waals surface area (Å²) in [5, 5.41) is 6.22. The number of rotatable bonds is 5. The molecular weight excluding hydrogens is 407 g/mol. The van der Waals surface area contributed by atoms with Crippen molar-refractivity contribution >= 4 is 44.6 Å². The summed E-state index contributed by atoms with van der Waals surface area (Å²) >= 11 is 13.4. The SMILES string of the molecule is CCCc1cc(=O)n2nc(N3CCC(Oc4ccc(Cl)c(Cl)c4)C3)sc2n1. The van der Waals surface area contributed by atoms with E-state index in [9.17, 15) is 4.79 Å². The van der Waals surface area contributed by atoms with Crippen LogP contribution in [0.2, 0.25) is 10.0 Å². The van der Waals surface area contributed by atoms with E-state index in [1.165, 1.54) is 15.9 Å². The van der Waals surface area contributed by atoms with Gasteiger partial charge in [-0.05, 0) is 18.6 Å². The van der Waals surface area contributed by atoms with Crippen LogP contribution in [0.15, 0.2) is 29.1 Å². The maximum absolute atomic E-state index is 12.3. The molecule has 2 aromatic heterocycles. The van der Waals surface area contributed by atoms with Crippen LogP contribution in [0.4, 0.5) is 5.13 Å². The molecule has 1 aliphatic rings. The Kier molecular flexibility index (Phi) is 5.25. The minimum Gasteiger partial charge on any atom is -0.488 e. The Morgan fingerprint density at radius 1 is 1.30 bits per heavy atom. The molecule has 6 nitrogen and oxygen atoms in total. The van der Waals surface area contributed by atoms with Crippen LogP contribution in [-0.2, 0) is 6.42 Å². The molecule has 0 spiro atoms. The highest BCUT2D eigenvalue weighted by atomic mass is 35.5. The average Bonchev–Trinajstić information content (AvgIpc) is 3.25. The number of halogens is 2. The minimum absolute atomic E-state index is 0.0228. The summed E-state index contributed by atoms with van der Waals surface area (Å²) in [7, 11) is 0. The monoisotopic (exact) mass is 424 g/mol. The van der Waals surface area contributed by atoms with Gasteiger partial charge in [-0.2, -0.15) is 4.52 Å². The quantitative estimate of drug-likeness (QED) is 0.617. The number of hydrogen-bond donors (Lipinski definition) is 0. The van der Waals surface area contributed by atoms with Crippen LogP contribution in [0.3, 0.4) is 0 Å². The Balaban J connectivity index is 1.50. The molecule has 3 aromatic rings. The zero-order valence-electron chi connectivity index (χ0n) is 14.7. The fourth-order valence-corrected chi connectivity index (χ4v) is 4.35. The lowest BCUT2D eigenvalue weighted by atomic mass is 10.2. The van der Waals surface area contributed by atoms with Gasteiger partial charge in [-0.3, -0.25) is 4.79 Å². The Hall–Kier alpha value is -1.83. The van der Waals surface area contributed by atoms with E-state index < -0.39 is 0 Å². The van der Waals surface area contributed by atoms with E-state index in [4.69, 9.17) is 27.9 Å². The zero-order valence-corrected chi connectivity index (χ0v) is 17.0. The van der Waals surface area contributed by atoms with Gasteiger partial charge < -0.3 is 9.64 Å². The van der Waals surface area contributed by atoms with Crippen LogP contribution in [0.25, 0.3) is 4.96 Å². The average molecular weight is 425 g/mol. The van der Waals surface area contributed by atoms with Crippen molar-refractivity contribution in [1.29, 1.82) is 0 Å². The van der Waals surface area contributed by atoms with Crippen molar-refractivity contribution in [1.82, 2.24) is 14.6 Å². The van der Waals surface area contributed by atoms with Gasteiger partial charge >= 0.3 is 0 Å². The fourth-order valence-electron chi connectivity index (χ4n) is 3.10. The van der Waals surface area contributed by atoms with Gasteiger partial charge in [0.25, 0.3) is 5.56 Å². The van der Waals surface area contributed by atoms with E-state index in [2.05, 4.69) is 21.9 Å². The summed E-state index contributed by atoms with van der Waals surface area (Å²) in [5.74, 6) is 0.697. The van der Waals surface area contributed by atoms with Crippen molar-refractivity contribution in [3.05, 3.63) is 50.4 Å². The molecule has 0 aliphatic carbocycles. The maximum atomic E-state index is 12.3. The van der Waals surface area contributed by atoms with Crippen molar-refractivity contribution in [2.45, 2.75) is 32.3 Å². The van der Waals surface area contributed by atoms with Gasteiger partial charge in [-0.15, -0.1) is 5.10 Å². The van der Waals surface area contributed by atoms with E-state index >= 15 is 0 Å². The molecule has 9 heteroatoms. The lowest BCUT2D eigenvalue weighted by Gasteiger charge is -2.16. The summed E-state index contributed by atoms with van der Waals surface area (Å²) in [6.45, 7) is 3.57. The molecule has 1 aromatic carbocycles. The Morgan fingerprint density at radius 3 is 2.93 bits per heavy atom. The summed E-state index contributed by atoms with van der Waals surface area (Å²) in [6, 6.07) is 6.84.